The van der Waals surface area contributed by atoms with Gasteiger partial charge in [-0.1, -0.05) is 12.1 Å². The van der Waals surface area contributed by atoms with Gasteiger partial charge in [-0.2, -0.15) is 26.3 Å². The number of benzene rings is 2. The Kier molecular flexibility index (Phi) is 8.25. The Morgan fingerprint density at radius 1 is 0.649 bits per heavy atom. The summed E-state index contributed by atoms with van der Waals surface area (Å²) in [6.45, 7) is 1.81. The molecule has 0 bridgehead atoms. The van der Waals surface area contributed by atoms with E-state index in [1.807, 2.05) is 0 Å². The summed E-state index contributed by atoms with van der Waals surface area (Å²) in [5.41, 5.74) is -12.2. The minimum atomic E-state index is -6.20. The third-order valence-corrected chi connectivity index (χ3v) is 5.21. The summed E-state index contributed by atoms with van der Waals surface area (Å²) in [5.74, 6) is -6.63. The number of alkyl halides is 6. The molecule has 2 rings (SSSR count). The maximum absolute atomic E-state index is 14.5. The molecule has 0 aromatic heterocycles. The van der Waals surface area contributed by atoms with Crippen molar-refractivity contribution >= 4 is 23.9 Å². The molecule has 14 heteroatoms. The van der Waals surface area contributed by atoms with E-state index in [-0.39, 0.29) is 37.5 Å². The summed E-state index contributed by atoms with van der Waals surface area (Å²) in [5, 5.41) is 18.6. The van der Waals surface area contributed by atoms with Crippen LogP contribution in [0, 0.1) is 0 Å². The molecule has 37 heavy (non-hydrogen) atoms. The van der Waals surface area contributed by atoms with Gasteiger partial charge in [0.25, 0.3) is 0 Å². The van der Waals surface area contributed by atoms with Gasteiger partial charge in [0, 0.05) is 0 Å². The van der Waals surface area contributed by atoms with Gasteiger partial charge in [-0.3, -0.25) is 0 Å². The maximum Gasteiger partial charge on any atom is 0.411 e. The Balaban J connectivity index is 3.08. The van der Waals surface area contributed by atoms with Crippen molar-refractivity contribution < 1.29 is 65.2 Å². The molecule has 2 N–H and O–H groups in total. The molecule has 0 aliphatic carbocycles. The fraction of sp³-hybridized carbons (Fsp3) is 0.304. The number of carbonyl (C=O) groups is 4. The van der Waals surface area contributed by atoms with Gasteiger partial charge in [0.15, 0.2) is 0 Å². The summed E-state index contributed by atoms with van der Waals surface area (Å²) in [7, 11) is 0. The normalized spacial score (nSPS) is 12.1. The number of carboxylic acid groups (broad SMARTS) is 2. The molecule has 8 nitrogen and oxygen atoms in total. The molecule has 0 radical (unpaired) electrons. The zero-order valence-corrected chi connectivity index (χ0v) is 19.0. The molecular weight excluding hydrogens is 518 g/mol. The fourth-order valence-electron chi connectivity index (χ4n) is 3.67. The molecule has 2 aromatic rings. The summed E-state index contributed by atoms with van der Waals surface area (Å²) in [6, 6.07) is 1.40. The second kappa shape index (κ2) is 10.5. The molecule has 0 spiro atoms. The highest BCUT2D eigenvalue weighted by Gasteiger charge is 2.72. The minimum Gasteiger partial charge on any atom is -0.478 e. The fourth-order valence-corrected chi connectivity index (χ4v) is 3.67. The van der Waals surface area contributed by atoms with Gasteiger partial charge in [-0.05, 0) is 49.2 Å². The molecule has 0 fully saturated rings. The number of esters is 2. The summed E-state index contributed by atoms with van der Waals surface area (Å²) in [6.07, 6.45) is -12.4. The molecule has 2 aromatic carbocycles. The van der Waals surface area contributed by atoms with Crippen molar-refractivity contribution in [2.75, 3.05) is 13.2 Å². The first-order valence-corrected chi connectivity index (χ1v) is 10.3. The maximum atomic E-state index is 14.5. The number of ether oxygens (including phenoxy) is 2. The number of hydrogen-bond donors (Lipinski definition) is 2. The molecule has 0 aliphatic heterocycles. The van der Waals surface area contributed by atoms with Gasteiger partial charge in [0.2, 0.25) is 5.41 Å². The van der Waals surface area contributed by atoms with Crippen molar-refractivity contribution in [3.05, 3.63) is 69.8 Å². The third kappa shape index (κ3) is 5.22. The summed E-state index contributed by atoms with van der Waals surface area (Å²) < 4.78 is 96.4. The van der Waals surface area contributed by atoms with Crippen molar-refractivity contribution in [3.8, 4) is 0 Å². The van der Waals surface area contributed by atoms with Crippen molar-refractivity contribution in [2.24, 2.45) is 0 Å². The van der Waals surface area contributed by atoms with Crippen LogP contribution in [0.5, 0.6) is 0 Å². The molecule has 0 saturated heterocycles. The average Bonchev–Trinajstić information content (AvgIpc) is 2.77. The predicted octanol–water partition coefficient (Wildman–Crippen LogP) is 4.85. The van der Waals surface area contributed by atoms with Crippen LogP contribution in [0.2, 0.25) is 0 Å². The molecule has 0 amide bonds. The predicted molar refractivity (Wildman–Crippen MR) is 112 cm³/mol. The van der Waals surface area contributed by atoms with E-state index >= 15 is 0 Å². The smallest absolute Gasteiger partial charge is 0.411 e. The first-order valence-electron chi connectivity index (χ1n) is 10.3. The van der Waals surface area contributed by atoms with Gasteiger partial charge in [-0.25, -0.2) is 19.2 Å². The summed E-state index contributed by atoms with van der Waals surface area (Å²) >= 11 is 0. The number of halogens is 6. The lowest BCUT2D eigenvalue weighted by atomic mass is 9.71. The molecule has 0 aliphatic rings. The Bertz CT molecular complexity index is 1140. The van der Waals surface area contributed by atoms with Gasteiger partial charge in [0.05, 0.1) is 35.5 Å². The van der Waals surface area contributed by atoms with Crippen LogP contribution < -0.4 is 0 Å². The number of carboxylic acids is 2. The molecule has 0 atom stereocenters. The van der Waals surface area contributed by atoms with Crippen molar-refractivity contribution in [1.29, 1.82) is 0 Å². The highest BCUT2D eigenvalue weighted by Crippen LogP contribution is 2.56. The van der Waals surface area contributed by atoms with E-state index in [2.05, 4.69) is 9.47 Å². The Hall–Kier alpha value is -4.10. The Labute approximate surface area is 204 Å². The van der Waals surface area contributed by atoms with E-state index < -0.39 is 75.0 Å². The average molecular weight is 536 g/mol. The molecule has 200 valence electrons. The van der Waals surface area contributed by atoms with Gasteiger partial charge in [0.1, 0.15) is 0 Å². The standard InChI is InChI=1S/C23H18F6O8/c1-3-36-19(34)15-9-11(5-7-13(15)17(30)31)21(22(24,25)26,23(27,28)29)12-6-8-14(18(32)33)16(10-12)20(35)37-4-2/h5-10H,3-4H2,1-2H3,(H,30,31)(H,32,33). The first kappa shape index (κ1) is 29.1. The van der Waals surface area contributed by atoms with E-state index in [0.29, 0.717) is 12.1 Å². The molecular formula is C23H18F6O8. The van der Waals surface area contributed by atoms with Crippen LogP contribution in [0.1, 0.15) is 66.4 Å². The number of rotatable bonds is 8. The highest BCUT2D eigenvalue weighted by atomic mass is 19.4. The van der Waals surface area contributed by atoms with Crippen molar-refractivity contribution in [2.45, 2.75) is 31.6 Å². The van der Waals surface area contributed by atoms with E-state index in [1.165, 1.54) is 13.8 Å². The lowest BCUT2D eigenvalue weighted by molar-refractivity contribution is -0.288. The number of hydrogen-bond acceptors (Lipinski definition) is 6. The largest absolute Gasteiger partial charge is 0.478 e. The third-order valence-electron chi connectivity index (χ3n) is 5.21. The van der Waals surface area contributed by atoms with Crippen LogP contribution in [0.15, 0.2) is 36.4 Å². The van der Waals surface area contributed by atoms with Crippen LogP contribution in [0.4, 0.5) is 26.3 Å². The first-order chi connectivity index (χ1) is 17.0. The highest BCUT2D eigenvalue weighted by molar-refractivity contribution is 6.03. The quantitative estimate of drug-likeness (QED) is 0.362. The van der Waals surface area contributed by atoms with Crippen LogP contribution >= 0.6 is 0 Å². The van der Waals surface area contributed by atoms with E-state index in [4.69, 9.17) is 0 Å². The SMILES string of the molecule is CCOC(=O)c1cc(C(c2ccc(C(=O)O)c(C(=O)OCC)c2)(C(F)(F)F)C(F)(F)F)ccc1C(=O)O. The van der Waals surface area contributed by atoms with Crippen LogP contribution in [-0.4, -0.2) is 59.7 Å². The number of aromatic carboxylic acids is 2. The van der Waals surface area contributed by atoms with Crippen LogP contribution in [0.3, 0.4) is 0 Å². The Morgan fingerprint density at radius 2 is 0.973 bits per heavy atom. The molecule has 0 unspecified atom stereocenters. The lowest BCUT2D eigenvalue weighted by Crippen LogP contribution is -2.55. The van der Waals surface area contributed by atoms with Gasteiger partial charge >= 0.3 is 36.2 Å². The zero-order valence-electron chi connectivity index (χ0n) is 19.0. The van der Waals surface area contributed by atoms with Gasteiger partial charge < -0.3 is 19.7 Å². The van der Waals surface area contributed by atoms with E-state index in [9.17, 15) is 55.7 Å². The van der Waals surface area contributed by atoms with Gasteiger partial charge in [-0.15, -0.1) is 0 Å². The Morgan fingerprint density at radius 3 is 1.22 bits per heavy atom. The van der Waals surface area contributed by atoms with Crippen molar-refractivity contribution in [3.63, 3.8) is 0 Å². The minimum absolute atomic E-state index is 0.0948. The second-order valence-corrected chi connectivity index (χ2v) is 7.32. The second-order valence-electron chi connectivity index (χ2n) is 7.32. The van der Waals surface area contributed by atoms with Crippen LogP contribution in [0.25, 0.3) is 0 Å². The zero-order chi connectivity index (χ0) is 28.3. The molecule has 0 saturated carbocycles. The van der Waals surface area contributed by atoms with Crippen LogP contribution in [-0.2, 0) is 14.9 Å². The lowest BCUT2D eigenvalue weighted by Gasteiger charge is -2.38. The molecule has 0 heterocycles. The monoisotopic (exact) mass is 536 g/mol. The summed E-state index contributed by atoms with van der Waals surface area (Å²) in [4.78, 5) is 47.4. The number of carbonyl (C=O) groups excluding carboxylic acids is 2. The van der Waals surface area contributed by atoms with E-state index in [1.54, 1.807) is 0 Å². The van der Waals surface area contributed by atoms with E-state index in [0.717, 1.165) is 0 Å². The topological polar surface area (TPSA) is 127 Å². The van der Waals surface area contributed by atoms with Crippen molar-refractivity contribution in [1.82, 2.24) is 0 Å².